The van der Waals surface area contributed by atoms with E-state index in [0.717, 1.165) is 22.2 Å². The molecule has 98 valence electrons. The zero-order valence-corrected chi connectivity index (χ0v) is 10.8. The molecular formula is C17H13FN2. The fourth-order valence-corrected chi connectivity index (χ4v) is 2.09. The van der Waals surface area contributed by atoms with Crippen molar-refractivity contribution in [1.82, 2.24) is 4.98 Å². The minimum absolute atomic E-state index is 0.256. The maximum Gasteiger partial charge on any atom is 0.123 e. The lowest BCUT2D eigenvalue weighted by molar-refractivity contribution is 0.627. The fourth-order valence-electron chi connectivity index (χ4n) is 2.09. The number of halogens is 1. The van der Waals surface area contributed by atoms with Crippen molar-refractivity contribution in [3.8, 4) is 0 Å². The van der Waals surface area contributed by atoms with Gasteiger partial charge >= 0.3 is 0 Å². The van der Waals surface area contributed by atoms with Crippen molar-refractivity contribution >= 4 is 22.3 Å². The number of nitrogens with one attached hydrogen (secondary N) is 1. The molecule has 0 bridgehead atoms. The van der Waals surface area contributed by atoms with E-state index >= 15 is 0 Å². The average Bonchev–Trinajstić information content (AvgIpc) is 2.48. The van der Waals surface area contributed by atoms with Crippen molar-refractivity contribution in [2.45, 2.75) is 0 Å². The maximum atomic E-state index is 12.9. The summed E-state index contributed by atoms with van der Waals surface area (Å²) in [6.45, 7) is 4.00. The zero-order chi connectivity index (χ0) is 13.9. The number of aromatic nitrogens is 1. The van der Waals surface area contributed by atoms with Gasteiger partial charge < -0.3 is 5.32 Å². The third kappa shape index (κ3) is 2.38. The summed E-state index contributed by atoms with van der Waals surface area (Å²) in [6.07, 6.45) is 1.76. The molecule has 0 aliphatic rings. The fraction of sp³-hybridized carbons (Fsp3) is 0. The standard InChI is InChI=1S/C17H13FN2/c1-12(13-7-9-15(18)10-8-13)20-16-6-2-4-14-5-3-11-19-17(14)16/h2-11,20H,1H2. The van der Waals surface area contributed by atoms with Crippen molar-refractivity contribution in [1.29, 1.82) is 0 Å². The number of fused-ring (bicyclic) bond motifs is 1. The topological polar surface area (TPSA) is 24.9 Å². The highest BCUT2D eigenvalue weighted by molar-refractivity contribution is 5.94. The Kier molecular flexibility index (Phi) is 3.17. The lowest BCUT2D eigenvalue weighted by Gasteiger charge is -2.11. The predicted octanol–water partition coefficient (Wildman–Crippen LogP) is 4.46. The van der Waals surface area contributed by atoms with Crippen molar-refractivity contribution in [3.05, 3.63) is 78.8 Å². The Hall–Kier alpha value is -2.68. The van der Waals surface area contributed by atoms with E-state index in [4.69, 9.17) is 0 Å². The molecule has 0 aliphatic heterocycles. The highest BCUT2D eigenvalue weighted by atomic mass is 19.1. The van der Waals surface area contributed by atoms with Gasteiger partial charge in [0.05, 0.1) is 11.2 Å². The van der Waals surface area contributed by atoms with E-state index in [9.17, 15) is 4.39 Å². The van der Waals surface area contributed by atoms with Crippen LogP contribution in [0.3, 0.4) is 0 Å². The Labute approximate surface area is 116 Å². The van der Waals surface area contributed by atoms with E-state index in [1.807, 2.05) is 30.3 Å². The number of hydrogen-bond acceptors (Lipinski definition) is 2. The molecule has 1 aromatic heterocycles. The average molecular weight is 264 g/mol. The van der Waals surface area contributed by atoms with Crippen LogP contribution in [0.4, 0.5) is 10.1 Å². The summed E-state index contributed by atoms with van der Waals surface area (Å²) in [5, 5.41) is 4.30. The van der Waals surface area contributed by atoms with Crippen LogP contribution in [-0.2, 0) is 0 Å². The number of nitrogens with zero attached hydrogens (tertiary/aromatic N) is 1. The molecule has 0 atom stereocenters. The quantitative estimate of drug-likeness (QED) is 0.755. The summed E-state index contributed by atoms with van der Waals surface area (Å²) in [5.41, 5.74) is 3.33. The highest BCUT2D eigenvalue weighted by Gasteiger charge is 2.04. The van der Waals surface area contributed by atoms with Gasteiger partial charge in [-0.3, -0.25) is 4.98 Å². The third-order valence-electron chi connectivity index (χ3n) is 3.11. The molecule has 1 N–H and O–H groups in total. The van der Waals surface area contributed by atoms with Crippen LogP contribution in [0.1, 0.15) is 5.56 Å². The molecule has 0 amide bonds. The Morgan fingerprint density at radius 2 is 1.75 bits per heavy atom. The van der Waals surface area contributed by atoms with Crippen LogP contribution in [0.15, 0.2) is 67.4 Å². The summed E-state index contributed by atoms with van der Waals surface area (Å²) in [6, 6.07) is 16.1. The molecule has 20 heavy (non-hydrogen) atoms. The first-order valence-corrected chi connectivity index (χ1v) is 6.30. The monoisotopic (exact) mass is 264 g/mol. The van der Waals surface area contributed by atoms with E-state index in [2.05, 4.69) is 16.9 Å². The zero-order valence-electron chi connectivity index (χ0n) is 10.8. The van der Waals surface area contributed by atoms with Gasteiger partial charge in [0.1, 0.15) is 5.82 Å². The van der Waals surface area contributed by atoms with Crippen LogP contribution in [-0.4, -0.2) is 4.98 Å². The van der Waals surface area contributed by atoms with E-state index in [-0.39, 0.29) is 5.82 Å². The van der Waals surface area contributed by atoms with Crippen molar-refractivity contribution < 1.29 is 4.39 Å². The molecule has 0 spiro atoms. The summed E-state index contributed by atoms with van der Waals surface area (Å²) < 4.78 is 12.9. The molecule has 2 aromatic carbocycles. The predicted molar refractivity (Wildman–Crippen MR) is 80.8 cm³/mol. The number of benzene rings is 2. The van der Waals surface area contributed by atoms with Crippen LogP contribution in [0.25, 0.3) is 16.6 Å². The molecule has 0 unspecified atom stereocenters. The van der Waals surface area contributed by atoms with Gasteiger partial charge in [-0.05, 0) is 29.8 Å². The molecule has 2 nitrogen and oxygen atoms in total. The number of hydrogen-bond donors (Lipinski definition) is 1. The Balaban J connectivity index is 1.93. The van der Waals surface area contributed by atoms with E-state index in [1.165, 1.54) is 12.1 Å². The van der Waals surface area contributed by atoms with E-state index in [0.29, 0.717) is 5.70 Å². The second-order valence-corrected chi connectivity index (χ2v) is 4.49. The highest BCUT2D eigenvalue weighted by Crippen LogP contribution is 2.24. The summed E-state index contributed by atoms with van der Waals surface area (Å²) in [7, 11) is 0. The lowest BCUT2D eigenvalue weighted by Crippen LogP contribution is -1.98. The molecule has 0 saturated carbocycles. The Bertz CT molecular complexity index is 758. The normalized spacial score (nSPS) is 10.4. The van der Waals surface area contributed by atoms with Gasteiger partial charge in [0.15, 0.2) is 0 Å². The molecule has 3 heteroatoms. The van der Waals surface area contributed by atoms with Crippen LogP contribution in [0, 0.1) is 5.82 Å². The van der Waals surface area contributed by atoms with Gasteiger partial charge in [-0.2, -0.15) is 0 Å². The largest absolute Gasteiger partial charge is 0.354 e. The summed E-state index contributed by atoms with van der Waals surface area (Å²) in [4.78, 5) is 4.38. The first-order chi connectivity index (χ1) is 9.74. The van der Waals surface area contributed by atoms with Gasteiger partial charge in [-0.15, -0.1) is 0 Å². The minimum Gasteiger partial charge on any atom is -0.354 e. The second-order valence-electron chi connectivity index (χ2n) is 4.49. The number of anilines is 1. The number of pyridine rings is 1. The SMILES string of the molecule is C=C(Nc1cccc2cccnc12)c1ccc(F)cc1. The van der Waals surface area contributed by atoms with Gasteiger partial charge in [-0.25, -0.2) is 4.39 Å². The van der Waals surface area contributed by atoms with Crippen molar-refractivity contribution in [2.24, 2.45) is 0 Å². The van der Waals surface area contributed by atoms with Gasteiger partial charge in [0, 0.05) is 17.3 Å². The first-order valence-electron chi connectivity index (χ1n) is 6.30. The number of para-hydroxylation sites is 1. The van der Waals surface area contributed by atoms with Crippen LogP contribution in [0.5, 0.6) is 0 Å². The Morgan fingerprint density at radius 3 is 2.55 bits per heavy atom. The van der Waals surface area contributed by atoms with Crippen LogP contribution in [0.2, 0.25) is 0 Å². The van der Waals surface area contributed by atoms with Gasteiger partial charge in [0.2, 0.25) is 0 Å². The van der Waals surface area contributed by atoms with Crippen LogP contribution < -0.4 is 5.32 Å². The van der Waals surface area contributed by atoms with Gasteiger partial charge in [0.25, 0.3) is 0 Å². The smallest absolute Gasteiger partial charge is 0.123 e. The van der Waals surface area contributed by atoms with E-state index in [1.54, 1.807) is 18.3 Å². The molecule has 0 radical (unpaired) electrons. The first kappa shape index (κ1) is 12.4. The lowest BCUT2D eigenvalue weighted by atomic mass is 10.1. The molecule has 1 heterocycles. The van der Waals surface area contributed by atoms with Crippen molar-refractivity contribution in [2.75, 3.05) is 5.32 Å². The van der Waals surface area contributed by atoms with E-state index < -0.39 is 0 Å². The van der Waals surface area contributed by atoms with Crippen LogP contribution >= 0.6 is 0 Å². The molecule has 0 saturated heterocycles. The second kappa shape index (κ2) is 5.13. The molecule has 3 rings (SSSR count). The van der Waals surface area contributed by atoms with Gasteiger partial charge in [-0.1, -0.05) is 36.9 Å². The maximum absolute atomic E-state index is 12.9. The summed E-state index contributed by atoms with van der Waals surface area (Å²) in [5.74, 6) is -0.256. The molecular weight excluding hydrogens is 251 g/mol. The summed E-state index contributed by atoms with van der Waals surface area (Å²) >= 11 is 0. The molecule has 3 aromatic rings. The third-order valence-corrected chi connectivity index (χ3v) is 3.11. The molecule has 0 aliphatic carbocycles. The minimum atomic E-state index is -0.256. The molecule has 0 fully saturated rings. The Morgan fingerprint density at radius 1 is 1.00 bits per heavy atom. The number of rotatable bonds is 3. The van der Waals surface area contributed by atoms with Crippen molar-refractivity contribution in [3.63, 3.8) is 0 Å².